The average Bonchev–Trinajstić information content (AvgIpc) is 2.04. The third kappa shape index (κ3) is 6.65. The summed E-state index contributed by atoms with van der Waals surface area (Å²) in [6.45, 7) is 25.2. The molecule has 0 amide bonds. The Balaban J connectivity index is 5.60. The molecule has 116 valence electrons. The Kier molecular flexibility index (Phi) is 5.76. The first-order valence-electron chi connectivity index (χ1n) is 7.77. The van der Waals surface area contributed by atoms with Crippen molar-refractivity contribution in [2.45, 2.75) is 76.2 Å². The van der Waals surface area contributed by atoms with Gasteiger partial charge in [0.05, 0.1) is 0 Å². The molecule has 0 bridgehead atoms. The minimum Gasteiger partial charge on any atom is -0.0744 e. The quantitative estimate of drug-likeness (QED) is 0.496. The third-order valence-corrected chi connectivity index (χ3v) is 3.51. The van der Waals surface area contributed by atoms with Crippen molar-refractivity contribution in [3.05, 3.63) is 23.6 Å². The van der Waals surface area contributed by atoms with Crippen molar-refractivity contribution >= 4 is 0 Å². The van der Waals surface area contributed by atoms with Crippen LogP contribution in [0.25, 0.3) is 0 Å². The van der Waals surface area contributed by atoms with E-state index in [-0.39, 0.29) is 21.7 Å². The van der Waals surface area contributed by atoms with Crippen molar-refractivity contribution in [1.82, 2.24) is 0 Å². The standard InChI is InChI=1S/C20H36/c1-17(2,3)14-12-13-15-20(10,11)16(18(4,5)6)19(7,8)9/h14-16H,1-11H3. The summed E-state index contributed by atoms with van der Waals surface area (Å²) in [7, 11) is 0. The van der Waals surface area contributed by atoms with Gasteiger partial charge in [0, 0.05) is 0 Å². The summed E-state index contributed by atoms with van der Waals surface area (Å²) < 4.78 is 0. The van der Waals surface area contributed by atoms with Crippen molar-refractivity contribution in [2.75, 3.05) is 0 Å². The molecule has 20 heavy (non-hydrogen) atoms. The monoisotopic (exact) mass is 276 g/mol. The minimum atomic E-state index is 0.0925. The van der Waals surface area contributed by atoms with E-state index in [9.17, 15) is 0 Å². The first-order valence-corrected chi connectivity index (χ1v) is 7.77. The maximum atomic E-state index is 3.28. The summed E-state index contributed by atoms with van der Waals surface area (Å²) in [5.74, 6) is 0.562. The van der Waals surface area contributed by atoms with Crippen LogP contribution >= 0.6 is 0 Å². The Labute approximate surface area is 128 Å². The molecule has 0 heterocycles. The van der Waals surface area contributed by atoms with Crippen molar-refractivity contribution in [2.24, 2.45) is 27.6 Å². The average molecular weight is 277 g/mol. The Morgan fingerprint density at radius 3 is 1.25 bits per heavy atom. The molecule has 0 aromatic carbocycles. The highest BCUT2D eigenvalue weighted by Gasteiger charge is 2.43. The first kappa shape index (κ1) is 19.3. The maximum absolute atomic E-state index is 3.28. The Hall–Kier alpha value is -0.700. The SMILES string of the molecule is CC(C)(C)C=C=C=CC(C)(C)C(C(C)(C)C)C(C)(C)C. The van der Waals surface area contributed by atoms with Gasteiger partial charge in [0.25, 0.3) is 0 Å². The Morgan fingerprint density at radius 1 is 0.600 bits per heavy atom. The fraction of sp³-hybridized carbons (Fsp3) is 0.800. The normalized spacial score (nSPS) is 13.8. The molecule has 0 aliphatic heterocycles. The molecule has 0 N–H and O–H groups in total. The van der Waals surface area contributed by atoms with Gasteiger partial charge in [-0.2, -0.15) is 0 Å². The number of allylic oxidation sites excluding steroid dienone is 2. The lowest BCUT2D eigenvalue weighted by molar-refractivity contribution is 0.0190. The molecule has 0 saturated heterocycles. The van der Waals surface area contributed by atoms with Crippen LogP contribution < -0.4 is 0 Å². The van der Waals surface area contributed by atoms with Crippen LogP contribution in [0.3, 0.4) is 0 Å². The molecular weight excluding hydrogens is 240 g/mol. The molecule has 0 radical (unpaired) electrons. The largest absolute Gasteiger partial charge is 0.0744 e. The van der Waals surface area contributed by atoms with E-state index in [1.54, 1.807) is 0 Å². The number of rotatable bonds is 2. The van der Waals surface area contributed by atoms with Gasteiger partial charge in [-0.05, 0) is 39.7 Å². The van der Waals surface area contributed by atoms with Gasteiger partial charge in [-0.1, -0.05) is 87.6 Å². The fourth-order valence-electron chi connectivity index (χ4n) is 4.10. The second kappa shape index (κ2) is 5.97. The van der Waals surface area contributed by atoms with Crippen LogP contribution in [0.15, 0.2) is 23.6 Å². The highest BCUT2D eigenvalue weighted by molar-refractivity contribution is 5.05. The molecular formula is C20H36. The lowest BCUT2D eigenvalue weighted by atomic mass is 9.56. The highest BCUT2D eigenvalue weighted by Crippen LogP contribution is 2.50. The molecule has 0 rings (SSSR count). The minimum absolute atomic E-state index is 0.0925. The number of hydrogen-bond acceptors (Lipinski definition) is 0. The zero-order chi connectivity index (χ0) is 16.4. The molecule has 0 unspecified atom stereocenters. The Bertz CT molecular complexity index is 386. The van der Waals surface area contributed by atoms with E-state index in [1.807, 2.05) is 0 Å². The fourth-order valence-corrected chi connectivity index (χ4v) is 4.10. The van der Waals surface area contributed by atoms with Crippen LogP contribution in [0, 0.1) is 27.6 Å². The molecule has 0 heteroatoms. The second-order valence-electron chi connectivity index (χ2n) is 9.93. The summed E-state index contributed by atoms with van der Waals surface area (Å²) in [4.78, 5) is 0. The van der Waals surface area contributed by atoms with Crippen molar-refractivity contribution < 1.29 is 0 Å². The van der Waals surface area contributed by atoms with Crippen LogP contribution in [0.5, 0.6) is 0 Å². The predicted octanol–water partition coefficient (Wildman–Crippen LogP) is 6.63. The summed E-state index contributed by atoms with van der Waals surface area (Å²) in [6, 6.07) is 0. The molecule has 0 spiro atoms. The molecule has 0 aliphatic rings. The van der Waals surface area contributed by atoms with E-state index >= 15 is 0 Å². The van der Waals surface area contributed by atoms with E-state index in [0.29, 0.717) is 5.92 Å². The van der Waals surface area contributed by atoms with Gasteiger partial charge in [-0.15, -0.1) is 0 Å². The molecule has 0 saturated carbocycles. The van der Waals surface area contributed by atoms with E-state index in [2.05, 4.69) is 99.8 Å². The van der Waals surface area contributed by atoms with Gasteiger partial charge in [0.1, 0.15) is 0 Å². The van der Waals surface area contributed by atoms with E-state index in [1.165, 1.54) is 0 Å². The maximum Gasteiger partial charge on any atom is -0.00544 e. The molecule has 0 fully saturated rings. The van der Waals surface area contributed by atoms with Crippen LogP contribution in [-0.4, -0.2) is 0 Å². The van der Waals surface area contributed by atoms with E-state index < -0.39 is 0 Å². The third-order valence-electron chi connectivity index (χ3n) is 3.51. The lowest BCUT2D eigenvalue weighted by Gasteiger charge is -2.49. The summed E-state index contributed by atoms with van der Waals surface area (Å²) in [5, 5.41) is 0. The smallest absolute Gasteiger partial charge is 0.00544 e. The van der Waals surface area contributed by atoms with E-state index in [0.717, 1.165) is 0 Å². The van der Waals surface area contributed by atoms with Crippen LogP contribution in [0.4, 0.5) is 0 Å². The summed E-state index contributed by atoms with van der Waals surface area (Å²) >= 11 is 0. The van der Waals surface area contributed by atoms with Crippen molar-refractivity contribution in [3.8, 4) is 0 Å². The van der Waals surface area contributed by atoms with Gasteiger partial charge in [0.2, 0.25) is 0 Å². The zero-order valence-corrected chi connectivity index (χ0v) is 15.7. The zero-order valence-electron chi connectivity index (χ0n) is 15.7. The van der Waals surface area contributed by atoms with Crippen LogP contribution in [-0.2, 0) is 0 Å². The summed E-state index contributed by atoms with van der Waals surface area (Å²) in [6.07, 6.45) is 4.29. The first-order chi connectivity index (χ1) is 8.57. The van der Waals surface area contributed by atoms with E-state index in [4.69, 9.17) is 0 Å². The van der Waals surface area contributed by atoms with Gasteiger partial charge in [-0.3, -0.25) is 0 Å². The van der Waals surface area contributed by atoms with Gasteiger partial charge >= 0.3 is 0 Å². The highest BCUT2D eigenvalue weighted by atomic mass is 14.5. The lowest BCUT2D eigenvalue weighted by Crippen LogP contribution is -2.42. The molecule has 0 aromatic heterocycles. The number of hydrogen-bond donors (Lipinski definition) is 0. The van der Waals surface area contributed by atoms with Gasteiger partial charge in [-0.25, -0.2) is 0 Å². The predicted molar refractivity (Wildman–Crippen MR) is 91.8 cm³/mol. The van der Waals surface area contributed by atoms with Crippen molar-refractivity contribution in [1.29, 1.82) is 0 Å². The topological polar surface area (TPSA) is 0 Å². The van der Waals surface area contributed by atoms with Crippen LogP contribution in [0.2, 0.25) is 0 Å². The Morgan fingerprint density at radius 2 is 0.950 bits per heavy atom. The molecule has 0 aliphatic carbocycles. The molecule has 0 aromatic rings. The molecule has 0 atom stereocenters. The van der Waals surface area contributed by atoms with Gasteiger partial charge in [0.15, 0.2) is 0 Å². The van der Waals surface area contributed by atoms with Gasteiger partial charge < -0.3 is 0 Å². The molecule has 0 nitrogen and oxygen atoms in total. The second-order valence-corrected chi connectivity index (χ2v) is 9.93. The van der Waals surface area contributed by atoms with Crippen molar-refractivity contribution in [3.63, 3.8) is 0 Å². The summed E-state index contributed by atoms with van der Waals surface area (Å²) in [5.41, 5.74) is 7.26. The van der Waals surface area contributed by atoms with Crippen LogP contribution in [0.1, 0.15) is 76.2 Å².